The topological polar surface area (TPSA) is 56.3 Å². The van der Waals surface area contributed by atoms with E-state index in [0.717, 1.165) is 16.7 Å². The number of ether oxygens (including phenoxy) is 1. The van der Waals surface area contributed by atoms with Gasteiger partial charge in [0, 0.05) is 17.2 Å². The smallest absolute Gasteiger partial charge is 0.175 e. The normalized spacial score (nSPS) is 12.5. The lowest BCUT2D eigenvalue weighted by Crippen LogP contribution is -2.10. The minimum absolute atomic E-state index is 0.248. The number of thiazole rings is 1. The van der Waals surface area contributed by atoms with Gasteiger partial charge in [0.05, 0.1) is 21.1 Å². The van der Waals surface area contributed by atoms with Crippen molar-refractivity contribution in [2.75, 3.05) is 6.26 Å². The van der Waals surface area contributed by atoms with Gasteiger partial charge < -0.3 is 4.74 Å². The minimum atomic E-state index is -3.26. The molecule has 4 nitrogen and oxygen atoms in total. The number of nitrogens with zero attached hydrogens (tertiary/aromatic N) is 1. The summed E-state index contributed by atoms with van der Waals surface area (Å²) in [7, 11) is -3.26. The molecule has 0 aliphatic heterocycles. The van der Waals surface area contributed by atoms with Gasteiger partial charge in [-0.25, -0.2) is 17.8 Å². The monoisotopic (exact) mass is 473 g/mol. The zero-order valence-electron chi connectivity index (χ0n) is 16.3. The zero-order valence-corrected chi connectivity index (χ0v) is 18.7. The molecule has 0 aliphatic carbocycles. The Balaban J connectivity index is 1.63. The number of halogens is 2. The average Bonchev–Trinajstić information content (AvgIpc) is 3.27. The molecule has 31 heavy (non-hydrogen) atoms. The van der Waals surface area contributed by atoms with Gasteiger partial charge in [-0.2, -0.15) is 0 Å². The molecule has 1 atom stereocenters. The zero-order chi connectivity index (χ0) is 22.0. The van der Waals surface area contributed by atoms with Crippen LogP contribution in [-0.2, 0) is 9.84 Å². The molecular weight excluding hydrogens is 457 g/mol. The summed E-state index contributed by atoms with van der Waals surface area (Å²) >= 11 is 7.96. The second-order valence-electron chi connectivity index (χ2n) is 6.90. The van der Waals surface area contributed by atoms with Gasteiger partial charge in [0.2, 0.25) is 0 Å². The number of rotatable bonds is 6. The standard InChI is InChI=1S/C23H17ClFNO3S2/c1-31(27,28)19-9-4-15(5-10-19)20-11-8-18(12-21(20)24)29-23(22-13-30-14-26-22)16-2-6-17(25)7-3-16/h2-14,23H,1H3. The molecule has 0 saturated carbocycles. The second-order valence-corrected chi connectivity index (χ2v) is 10.0. The summed E-state index contributed by atoms with van der Waals surface area (Å²) in [5, 5.41) is 2.34. The third-order valence-electron chi connectivity index (χ3n) is 4.68. The molecule has 3 aromatic carbocycles. The lowest BCUT2D eigenvalue weighted by Gasteiger charge is -2.19. The fourth-order valence-electron chi connectivity index (χ4n) is 3.11. The molecule has 158 valence electrons. The maximum atomic E-state index is 13.4. The Morgan fingerprint density at radius 2 is 1.74 bits per heavy atom. The SMILES string of the molecule is CS(=O)(=O)c1ccc(-c2ccc(OC(c3ccc(F)cc3)c3cscn3)cc2Cl)cc1. The highest BCUT2D eigenvalue weighted by atomic mass is 35.5. The van der Waals surface area contributed by atoms with E-state index >= 15 is 0 Å². The molecule has 1 unspecified atom stereocenters. The van der Waals surface area contributed by atoms with Crippen LogP contribution in [0.3, 0.4) is 0 Å². The molecule has 0 radical (unpaired) electrons. The average molecular weight is 474 g/mol. The van der Waals surface area contributed by atoms with Crippen molar-refractivity contribution >= 4 is 32.8 Å². The number of hydrogen-bond donors (Lipinski definition) is 0. The first kappa shape index (κ1) is 21.5. The lowest BCUT2D eigenvalue weighted by molar-refractivity contribution is 0.243. The largest absolute Gasteiger partial charge is 0.479 e. The van der Waals surface area contributed by atoms with Crippen LogP contribution in [-0.4, -0.2) is 19.7 Å². The fourth-order valence-corrected chi connectivity index (χ4v) is 4.59. The fraction of sp³-hybridized carbons (Fsp3) is 0.0870. The highest BCUT2D eigenvalue weighted by Crippen LogP contribution is 2.35. The number of benzene rings is 3. The molecule has 4 rings (SSSR count). The van der Waals surface area contributed by atoms with E-state index in [1.54, 1.807) is 54.0 Å². The van der Waals surface area contributed by atoms with E-state index in [2.05, 4.69) is 4.98 Å². The summed E-state index contributed by atoms with van der Waals surface area (Å²) < 4.78 is 42.9. The van der Waals surface area contributed by atoms with Crippen LogP contribution in [0, 0.1) is 5.82 Å². The molecule has 4 aromatic rings. The van der Waals surface area contributed by atoms with Crippen LogP contribution in [0.4, 0.5) is 4.39 Å². The van der Waals surface area contributed by atoms with Crippen molar-refractivity contribution in [3.8, 4) is 16.9 Å². The molecular formula is C23H17ClFNO3S2. The minimum Gasteiger partial charge on any atom is -0.479 e. The van der Waals surface area contributed by atoms with Crippen molar-refractivity contribution < 1.29 is 17.5 Å². The third-order valence-corrected chi connectivity index (χ3v) is 6.73. The van der Waals surface area contributed by atoms with Crippen LogP contribution in [0.5, 0.6) is 5.75 Å². The van der Waals surface area contributed by atoms with Crippen molar-refractivity contribution in [3.63, 3.8) is 0 Å². The third kappa shape index (κ3) is 4.95. The van der Waals surface area contributed by atoms with Crippen molar-refractivity contribution in [2.45, 2.75) is 11.0 Å². The van der Waals surface area contributed by atoms with Gasteiger partial charge in [0.25, 0.3) is 0 Å². The van der Waals surface area contributed by atoms with Crippen molar-refractivity contribution in [1.29, 1.82) is 0 Å². The van der Waals surface area contributed by atoms with Crippen molar-refractivity contribution in [2.24, 2.45) is 0 Å². The summed E-state index contributed by atoms with van der Waals surface area (Å²) in [6.07, 6.45) is 0.656. The maximum Gasteiger partial charge on any atom is 0.175 e. The van der Waals surface area contributed by atoms with E-state index in [4.69, 9.17) is 16.3 Å². The Hall–Kier alpha value is -2.74. The van der Waals surface area contributed by atoms with E-state index in [1.807, 2.05) is 11.4 Å². The summed E-state index contributed by atoms with van der Waals surface area (Å²) in [6, 6.07) is 17.9. The summed E-state index contributed by atoms with van der Waals surface area (Å²) in [4.78, 5) is 4.59. The van der Waals surface area contributed by atoms with Crippen LogP contribution < -0.4 is 4.74 Å². The first-order valence-corrected chi connectivity index (χ1v) is 12.4. The van der Waals surface area contributed by atoms with Crippen LogP contribution >= 0.6 is 22.9 Å². The second kappa shape index (κ2) is 8.78. The highest BCUT2D eigenvalue weighted by Gasteiger charge is 2.19. The molecule has 0 fully saturated rings. The van der Waals surface area contributed by atoms with Gasteiger partial charge in [0.15, 0.2) is 15.9 Å². The van der Waals surface area contributed by atoms with Crippen LogP contribution in [0.15, 0.2) is 82.5 Å². The molecule has 1 aromatic heterocycles. The Labute approximate surface area is 188 Å². The van der Waals surface area contributed by atoms with Gasteiger partial charge in [0.1, 0.15) is 11.6 Å². The van der Waals surface area contributed by atoms with Gasteiger partial charge >= 0.3 is 0 Å². The summed E-state index contributed by atoms with van der Waals surface area (Å²) in [5.41, 5.74) is 4.74. The molecule has 0 N–H and O–H groups in total. The molecule has 0 amide bonds. The molecule has 8 heteroatoms. The molecule has 0 spiro atoms. The van der Waals surface area contributed by atoms with Gasteiger partial charge in [-0.15, -0.1) is 11.3 Å². The van der Waals surface area contributed by atoms with E-state index in [1.165, 1.54) is 29.7 Å². The van der Waals surface area contributed by atoms with E-state index in [9.17, 15) is 12.8 Å². The summed E-state index contributed by atoms with van der Waals surface area (Å²) in [6.45, 7) is 0. The van der Waals surface area contributed by atoms with E-state index < -0.39 is 15.9 Å². The van der Waals surface area contributed by atoms with E-state index in [0.29, 0.717) is 16.5 Å². The quantitative estimate of drug-likeness (QED) is 0.336. The Morgan fingerprint density at radius 3 is 2.32 bits per heavy atom. The van der Waals surface area contributed by atoms with Crippen LogP contribution in [0.25, 0.3) is 11.1 Å². The Kier molecular flexibility index (Phi) is 6.09. The van der Waals surface area contributed by atoms with Gasteiger partial charge in [-0.3, -0.25) is 0 Å². The molecule has 0 aliphatic rings. The lowest BCUT2D eigenvalue weighted by atomic mass is 10.1. The first-order valence-electron chi connectivity index (χ1n) is 9.21. The van der Waals surface area contributed by atoms with Gasteiger partial charge in [-0.1, -0.05) is 35.9 Å². The molecule has 0 saturated heterocycles. The predicted octanol–water partition coefficient (Wildman–Crippen LogP) is 6.17. The molecule has 0 bridgehead atoms. The highest BCUT2D eigenvalue weighted by molar-refractivity contribution is 7.90. The van der Waals surface area contributed by atoms with Gasteiger partial charge in [-0.05, 0) is 53.6 Å². The van der Waals surface area contributed by atoms with Crippen molar-refractivity contribution in [1.82, 2.24) is 4.98 Å². The van der Waals surface area contributed by atoms with Crippen molar-refractivity contribution in [3.05, 3.63) is 99.7 Å². The van der Waals surface area contributed by atoms with Crippen LogP contribution in [0.1, 0.15) is 17.4 Å². The maximum absolute atomic E-state index is 13.4. The van der Waals surface area contributed by atoms with E-state index in [-0.39, 0.29) is 10.7 Å². The number of aromatic nitrogens is 1. The Morgan fingerprint density at radius 1 is 1.03 bits per heavy atom. The number of hydrogen-bond acceptors (Lipinski definition) is 5. The predicted molar refractivity (Wildman–Crippen MR) is 121 cm³/mol. The number of sulfone groups is 1. The Bertz CT molecular complexity index is 1290. The molecule has 1 heterocycles. The summed E-state index contributed by atoms with van der Waals surface area (Å²) in [5.74, 6) is 0.207. The first-order chi connectivity index (χ1) is 14.8. The van der Waals surface area contributed by atoms with Crippen LogP contribution in [0.2, 0.25) is 5.02 Å².